The van der Waals surface area contributed by atoms with Gasteiger partial charge in [0, 0.05) is 18.3 Å². The Hall–Kier alpha value is -2.92. The third-order valence-corrected chi connectivity index (χ3v) is 4.60. The molecule has 0 atom stereocenters. The molecular weight excluding hydrogens is 372 g/mol. The number of para-hydroxylation sites is 1. The number of halogens is 1. The van der Waals surface area contributed by atoms with Gasteiger partial charge in [0.05, 0.1) is 10.7 Å². The Morgan fingerprint density at radius 1 is 1.07 bits per heavy atom. The van der Waals surface area contributed by atoms with Crippen LogP contribution in [0.25, 0.3) is 0 Å². The predicted octanol–water partition coefficient (Wildman–Crippen LogP) is 5.23. The number of hydrogen-bond donors (Lipinski definition) is 1. The molecule has 1 heterocycles. The van der Waals surface area contributed by atoms with Gasteiger partial charge in [0.15, 0.2) is 0 Å². The van der Waals surface area contributed by atoms with Crippen molar-refractivity contribution >= 4 is 29.1 Å². The molecule has 0 spiro atoms. The van der Waals surface area contributed by atoms with Crippen LogP contribution in [-0.4, -0.2) is 26.8 Å². The molecule has 0 unspecified atom stereocenters. The van der Waals surface area contributed by atoms with Crippen molar-refractivity contribution in [3.05, 3.63) is 82.6 Å². The molecule has 0 aliphatic carbocycles. The summed E-state index contributed by atoms with van der Waals surface area (Å²) in [6.07, 6.45) is 0. The van der Waals surface area contributed by atoms with Crippen LogP contribution >= 0.6 is 11.6 Å². The van der Waals surface area contributed by atoms with Crippen LogP contribution < -0.4 is 5.32 Å². The van der Waals surface area contributed by atoms with Crippen molar-refractivity contribution in [2.45, 2.75) is 33.4 Å². The monoisotopic (exact) mass is 394 g/mol. The Morgan fingerprint density at radius 2 is 1.75 bits per heavy atom. The fourth-order valence-electron chi connectivity index (χ4n) is 2.83. The second-order valence-corrected chi connectivity index (χ2v) is 7.24. The molecule has 2 aromatic carbocycles. The number of carbonyl (C=O) groups excluding carboxylic acids is 1. The molecular formula is C22H23ClN4O. The molecule has 28 heavy (non-hydrogen) atoms. The van der Waals surface area contributed by atoms with Gasteiger partial charge < -0.3 is 10.2 Å². The van der Waals surface area contributed by atoms with Gasteiger partial charge in [-0.2, -0.15) is 0 Å². The van der Waals surface area contributed by atoms with Gasteiger partial charge in [-0.25, -0.2) is 9.97 Å². The summed E-state index contributed by atoms with van der Waals surface area (Å²) in [6, 6.07) is 19.0. The Balaban J connectivity index is 1.87. The third kappa shape index (κ3) is 4.87. The zero-order valence-corrected chi connectivity index (χ0v) is 16.9. The number of benzene rings is 2. The van der Waals surface area contributed by atoms with Gasteiger partial charge in [-0.15, -0.1) is 0 Å². The summed E-state index contributed by atoms with van der Waals surface area (Å²) in [5, 5.41) is 3.66. The Bertz CT molecular complexity index is 960. The first kappa shape index (κ1) is 19.8. The van der Waals surface area contributed by atoms with Gasteiger partial charge in [-0.3, -0.25) is 4.79 Å². The molecule has 6 heteroatoms. The maximum atomic E-state index is 13.2. The van der Waals surface area contributed by atoms with E-state index in [1.165, 1.54) is 0 Å². The fourth-order valence-corrected chi connectivity index (χ4v) is 3.02. The van der Waals surface area contributed by atoms with Gasteiger partial charge in [-0.1, -0.05) is 54.1 Å². The zero-order valence-electron chi connectivity index (χ0n) is 16.2. The molecule has 1 N–H and O–H groups in total. The van der Waals surface area contributed by atoms with Crippen LogP contribution in [0.5, 0.6) is 0 Å². The molecule has 0 bridgehead atoms. The number of amides is 1. The van der Waals surface area contributed by atoms with Gasteiger partial charge in [0.2, 0.25) is 5.95 Å². The summed E-state index contributed by atoms with van der Waals surface area (Å²) in [7, 11) is 0. The Morgan fingerprint density at radius 3 is 2.43 bits per heavy atom. The predicted molar refractivity (Wildman–Crippen MR) is 113 cm³/mol. The highest BCUT2D eigenvalue weighted by Gasteiger charge is 2.21. The largest absolute Gasteiger partial charge is 0.331 e. The van der Waals surface area contributed by atoms with Crippen molar-refractivity contribution in [3.63, 3.8) is 0 Å². The van der Waals surface area contributed by atoms with Crippen molar-refractivity contribution in [1.29, 1.82) is 0 Å². The lowest BCUT2D eigenvalue weighted by Gasteiger charge is -2.26. The third-order valence-electron chi connectivity index (χ3n) is 4.27. The van der Waals surface area contributed by atoms with Crippen LogP contribution in [0.1, 0.15) is 35.6 Å². The zero-order chi connectivity index (χ0) is 20.1. The van der Waals surface area contributed by atoms with E-state index in [2.05, 4.69) is 15.3 Å². The lowest BCUT2D eigenvalue weighted by molar-refractivity contribution is 0.0684. The van der Waals surface area contributed by atoms with Crippen molar-refractivity contribution in [2.24, 2.45) is 0 Å². The van der Waals surface area contributed by atoms with E-state index in [4.69, 9.17) is 11.6 Å². The minimum absolute atomic E-state index is 0.0305. The second kappa shape index (κ2) is 8.85. The highest BCUT2D eigenvalue weighted by molar-refractivity contribution is 6.33. The van der Waals surface area contributed by atoms with Crippen LogP contribution in [0.4, 0.5) is 11.6 Å². The number of hydrogen-bond acceptors (Lipinski definition) is 4. The van der Waals surface area contributed by atoms with Crippen molar-refractivity contribution in [1.82, 2.24) is 14.9 Å². The smallest absolute Gasteiger partial charge is 0.273 e. The average molecular weight is 395 g/mol. The van der Waals surface area contributed by atoms with Crippen molar-refractivity contribution < 1.29 is 4.79 Å². The van der Waals surface area contributed by atoms with Crippen LogP contribution in [0.3, 0.4) is 0 Å². The number of carbonyl (C=O) groups is 1. The molecule has 0 aliphatic heterocycles. The topological polar surface area (TPSA) is 58.1 Å². The maximum Gasteiger partial charge on any atom is 0.273 e. The minimum atomic E-state index is -0.133. The number of aromatic nitrogens is 2. The van der Waals surface area contributed by atoms with E-state index in [0.29, 0.717) is 34.6 Å². The van der Waals surface area contributed by atoms with E-state index in [-0.39, 0.29) is 11.9 Å². The molecule has 3 rings (SSSR count). The van der Waals surface area contributed by atoms with Crippen LogP contribution in [-0.2, 0) is 6.54 Å². The Kier molecular flexibility index (Phi) is 6.26. The molecule has 0 fully saturated rings. The van der Waals surface area contributed by atoms with E-state index >= 15 is 0 Å². The first-order chi connectivity index (χ1) is 13.4. The van der Waals surface area contributed by atoms with Crippen LogP contribution in [0.2, 0.25) is 5.02 Å². The molecule has 0 saturated carbocycles. The lowest BCUT2D eigenvalue weighted by atomic mass is 10.1. The normalized spacial score (nSPS) is 10.8. The standard InChI is InChI=1S/C22H23ClN4O/c1-15(2)27(14-17-9-5-4-6-10-17)21(28)20-13-16(3)24-22(26-20)25-19-12-8-7-11-18(19)23/h4-13,15H,14H2,1-3H3,(H,24,25,26). The number of nitrogens with one attached hydrogen (secondary N) is 1. The van der Waals surface area contributed by atoms with E-state index in [0.717, 1.165) is 5.56 Å². The second-order valence-electron chi connectivity index (χ2n) is 6.84. The van der Waals surface area contributed by atoms with Crippen LogP contribution in [0, 0.1) is 6.92 Å². The number of rotatable bonds is 6. The molecule has 1 amide bonds. The van der Waals surface area contributed by atoms with Gasteiger partial charge in [-0.05, 0) is 44.5 Å². The maximum absolute atomic E-state index is 13.2. The summed E-state index contributed by atoms with van der Waals surface area (Å²) >= 11 is 6.21. The summed E-state index contributed by atoms with van der Waals surface area (Å²) in [5.41, 5.74) is 2.82. The molecule has 5 nitrogen and oxygen atoms in total. The summed E-state index contributed by atoms with van der Waals surface area (Å²) in [4.78, 5) is 23.8. The SMILES string of the molecule is Cc1cc(C(=O)N(Cc2ccccc2)C(C)C)nc(Nc2ccccc2Cl)n1. The summed E-state index contributed by atoms with van der Waals surface area (Å²) in [5.74, 6) is 0.214. The van der Waals surface area contributed by atoms with Gasteiger partial charge in [0.1, 0.15) is 5.69 Å². The fraction of sp³-hybridized carbons (Fsp3) is 0.227. The average Bonchev–Trinajstić information content (AvgIpc) is 2.67. The molecule has 3 aromatic rings. The molecule has 0 aliphatic rings. The first-order valence-electron chi connectivity index (χ1n) is 9.16. The summed E-state index contributed by atoms with van der Waals surface area (Å²) < 4.78 is 0. The molecule has 0 radical (unpaired) electrons. The van der Waals surface area contributed by atoms with E-state index < -0.39 is 0 Å². The Labute approximate surface area is 170 Å². The van der Waals surface area contributed by atoms with Crippen molar-refractivity contribution in [3.8, 4) is 0 Å². The number of aryl methyl sites for hydroxylation is 1. The molecule has 144 valence electrons. The van der Waals surface area contributed by atoms with Gasteiger partial charge in [0.25, 0.3) is 5.91 Å². The number of anilines is 2. The van der Waals surface area contributed by atoms with E-state index in [1.807, 2.05) is 69.3 Å². The number of nitrogens with zero attached hydrogens (tertiary/aromatic N) is 3. The quantitative estimate of drug-likeness (QED) is 0.621. The highest BCUT2D eigenvalue weighted by Crippen LogP contribution is 2.23. The van der Waals surface area contributed by atoms with E-state index in [1.54, 1.807) is 17.0 Å². The molecule has 1 aromatic heterocycles. The molecule has 0 saturated heterocycles. The van der Waals surface area contributed by atoms with E-state index in [9.17, 15) is 4.79 Å². The lowest BCUT2D eigenvalue weighted by Crippen LogP contribution is -2.37. The first-order valence-corrected chi connectivity index (χ1v) is 9.54. The highest BCUT2D eigenvalue weighted by atomic mass is 35.5. The minimum Gasteiger partial charge on any atom is -0.331 e. The van der Waals surface area contributed by atoms with Crippen LogP contribution in [0.15, 0.2) is 60.7 Å². The van der Waals surface area contributed by atoms with Crippen molar-refractivity contribution in [2.75, 3.05) is 5.32 Å². The summed E-state index contributed by atoms with van der Waals surface area (Å²) in [6.45, 7) is 6.36. The van der Waals surface area contributed by atoms with Gasteiger partial charge >= 0.3 is 0 Å².